The first-order valence-corrected chi connectivity index (χ1v) is 18.6. The summed E-state index contributed by atoms with van der Waals surface area (Å²) in [6.07, 6.45) is 0. The van der Waals surface area contributed by atoms with Crippen LogP contribution in [0.15, 0.2) is 48.5 Å². The Morgan fingerprint density at radius 2 is 0.980 bits per heavy atom. The number of morpholine rings is 2. The molecule has 2 aromatic rings. The molecule has 49 heavy (non-hydrogen) atoms. The zero-order valence-corrected chi connectivity index (χ0v) is 32.4. The highest BCUT2D eigenvalue weighted by Gasteiger charge is 2.52. The monoisotopic (exact) mass is 746 g/mol. The van der Waals surface area contributed by atoms with E-state index in [1.807, 2.05) is 64.1 Å². The maximum Gasteiger partial charge on any atom is 0.494 e. The lowest BCUT2D eigenvalue weighted by Gasteiger charge is -2.32. The van der Waals surface area contributed by atoms with Crippen molar-refractivity contribution in [2.75, 3.05) is 77.6 Å². The van der Waals surface area contributed by atoms with E-state index in [4.69, 9.17) is 32.8 Å². The zero-order valence-electron chi connectivity index (χ0n) is 30.8. The van der Waals surface area contributed by atoms with Gasteiger partial charge >= 0.3 is 14.2 Å². The Hall–Kier alpha value is -1.67. The molecule has 4 saturated heterocycles. The van der Waals surface area contributed by atoms with Crippen molar-refractivity contribution >= 4 is 41.1 Å². The highest BCUT2D eigenvalue weighted by atomic mass is 79.9. The summed E-state index contributed by atoms with van der Waals surface area (Å²) >= 11 is 3.40. The molecule has 0 atom stereocenters. The van der Waals surface area contributed by atoms with Gasteiger partial charge in [0.25, 0.3) is 0 Å². The van der Waals surface area contributed by atoms with E-state index in [0.29, 0.717) is 6.61 Å². The van der Waals surface area contributed by atoms with Crippen LogP contribution in [0.3, 0.4) is 0 Å². The smallest absolute Gasteiger partial charge is 0.494 e. The highest BCUT2D eigenvalue weighted by molar-refractivity contribution is 9.09. The number of ether oxygens (including phenoxy) is 3. The molecule has 10 nitrogen and oxygen atoms in total. The Morgan fingerprint density at radius 1 is 0.612 bits per heavy atom. The van der Waals surface area contributed by atoms with Gasteiger partial charge in [-0.05, 0) is 90.6 Å². The molecule has 0 unspecified atom stereocenters. The van der Waals surface area contributed by atoms with Gasteiger partial charge in [0.1, 0.15) is 18.1 Å². The Labute approximate surface area is 303 Å². The van der Waals surface area contributed by atoms with E-state index in [0.717, 1.165) is 87.7 Å². The zero-order chi connectivity index (χ0) is 35.7. The van der Waals surface area contributed by atoms with Crippen molar-refractivity contribution in [2.45, 2.75) is 77.8 Å². The molecule has 272 valence electrons. The van der Waals surface area contributed by atoms with Gasteiger partial charge < -0.3 is 37.9 Å². The van der Waals surface area contributed by atoms with E-state index < -0.39 is 0 Å². The van der Waals surface area contributed by atoms with Crippen LogP contribution in [0.2, 0.25) is 0 Å². The molecule has 4 aliphatic rings. The average molecular weight is 747 g/mol. The summed E-state index contributed by atoms with van der Waals surface area (Å²) < 4.78 is 40.3. The molecule has 4 aliphatic heterocycles. The topological polar surface area (TPSA) is 91.3 Å². The van der Waals surface area contributed by atoms with Crippen molar-refractivity contribution in [1.82, 2.24) is 9.80 Å². The van der Waals surface area contributed by atoms with Gasteiger partial charge in [-0.3, -0.25) is 9.80 Å². The van der Waals surface area contributed by atoms with Gasteiger partial charge in [0, 0.05) is 44.6 Å². The third kappa shape index (κ3) is 11.4. The number of alkyl halides is 1. The van der Waals surface area contributed by atoms with Crippen molar-refractivity contribution in [1.29, 1.82) is 0 Å². The number of halogens is 1. The summed E-state index contributed by atoms with van der Waals surface area (Å²) in [5.41, 5.74) is 0.673. The van der Waals surface area contributed by atoms with Crippen molar-refractivity contribution < 1.29 is 37.9 Å². The fraction of sp³-hybridized carbons (Fsp3) is 0.667. The average Bonchev–Trinajstić information content (AvgIpc) is 3.43. The second-order valence-corrected chi connectivity index (χ2v) is 15.6. The summed E-state index contributed by atoms with van der Waals surface area (Å²) in [5.74, 6) is 1.13. The predicted octanol–water partition coefficient (Wildman–Crippen LogP) is 4.10. The maximum atomic E-state index is 9.22. The van der Waals surface area contributed by atoms with Crippen LogP contribution < -0.4 is 15.7 Å². The second kappa shape index (κ2) is 17.7. The molecule has 0 aliphatic carbocycles. The molecule has 0 saturated carbocycles. The standard InChI is InChI=1S/C18H28BNO4.C12H17BO3.C6H12BrNO/c1-17(2)18(3,4)24-19(23-17)15-5-7-16(8-6-15)22-14-11-20-9-12-21-13-10-20;1-11(2)12(3,4)16-13(15-11)9-5-7-10(14)8-6-9;7-1-2-8-3-5-9-6-4-8/h5-8H,9-14H2,1-4H3;5-8,14H,1-4H3;1-6H2. The van der Waals surface area contributed by atoms with Crippen LogP contribution in [0.1, 0.15) is 55.4 Å². The summed E-state index contributed by atoms with van der Waals surface area (Å²) in [4.78, 5) is 4.76. The minimum Gasteiger partial charge on any atom is -0.508 e. The largest absolute Gasteiger partial charge is 0.508 e. The highest BCUT2D eigenvalue weighted by Crippen LogP contribution is 2.37. The molecule has 4 heterocycles. The van der Waals surface area contributed by atoms with Crippen molar-refractivity contribution in [3.8, 4) is 11.5 Å². The Kier molecular flexibility index (Phi) is 14.5. The SMILES string of the molecule is BrCCN1CCOCC1.CC1(C)OB(c2ccc(O)cc2)OC1(C)C.CC1(C)OB(c2ccc(OCCN3CCOCC3)cc2)OC1(C)C. The van der Waals surface area contributed by atoms with Gasteiger partial charge in [-0.25, -0.2) is 0 Å². The van der Waals surface area contributed by atoms with Crippen LogP contribution in [0, 0.1) is 0 Å². The van der Waals surface area contributed by atoms with Crippen molar-refractivity contribution in [2.24, 2.45) is 0 Å². The van der Waals surface area contributed by atoms with Crippen molar-refractivity contribution in [3.63, 3.8) is 0 Å². The third-order valence-electron chi connectivity index (χ3n) is 10.1. The summed E-state index contributed by atoms with van der Waals surface area (Å²) in [7, 11) is -0.678. The number of benzene rings is 2. The van der Waals surface area contributed by atoms with Crippen LogP contribution in [-0.4, -0.2) is 129 Å². The first-order valence-electron chi connectivity index (χ1n) is 17.5. The minimum atomic E-state index is -0.356. The molecule has 2 aromatic carbocycles. The molecule has 0 amide bonds. The Bertz CT molecular complexity index is 1240. The lowest BCUT2D eigenvalue weighted by atomic mass is 9.79. The van der Waals surface area contributed by atoms with Gasteiger partial charge in [-0.15, -0.1) is 0 Å². The number of hydrogen-bond acceptors (Lipinski definition) is 10. The normalized spacial score (nSPS) is 22.9. The number of phenols is 1. The lowest BCUT2D eigenvalue weighted by molar-refractivity contribution is 0.00578. The molecule has 0 aromatic heterocycles. The number of nitrogens with zero attached hydrogens (tertiary/aromatic N) is 2. The molecule has 13 heteroatoms. The molecule has 6 rings (SSSR count). The number of hydrogen-bond donors (Lipinski definition) is 1. The second-order valence-electron chi connectivity index (χ2n) is 14.8. The lowest BCUT2D eigenvalue weighted by Crippen LogP contribution is -2.41. The Morgan fingerprint density at radius 3 is 1.37 bits per heavy atom. The predicted molar refractivity (Wildman–Crippen MR) is 200 cm³/mol. The van der Waals surface area contributed by atoms with Crippen LogP contribution in [0.4, 0.5) is 0 Å². The molecular weight excluding hydrogens is 690 g/mol. The summed E-state index contributed by atoms with van der Waals surface area (Å²) in [5, 5.41) is 10.3. The minimum absolute atomic E-state index is 0.250. The van der Waals surface area contributed by atoms with Crippen molar-refractivity contribution in [3.05, 3.63) is 48.5 Å². The number of rotatable bonds is 8. The number of aromatic hydroxyl groups is 1. The van der Waals surface area contributed by atoms with E-state index in [2.05, 4.69) is 53.4 Å². The molecular formula is C36H57B2BrN2O8. The molecule has 0 bridgehead atoms. The molecule has 0 radical (unpaired) electrons. The number of phenolic OH excluding ortho intramolecular Hbond substituents is 1. The van der Waals surface area contributed by atoms with Gasteiger partial charge in [-0.2, -0.15) is 0 Å². The van der Waals surface area contributed by atoms with Gasteiger partial charge in [0.2, 0.25) is 0 Å². The van der Waals surface area contributed by atoms with Crippen LogP contribution >= 0.6 is 15.9 Å². The first-order chi connectivity index (χ1) is 23.1. The summed E-state index contributed by atoms with van der Waals surface area (Å²) in [6.45, 7) is 26.8. The molecule has 4 fully saturated rings. The van der Waals surface area contributed by atoms with E-state index in [1.165, 1.54) is 0 Å². The van der Waals surface area contributed by atoms with Crippen LogP contribution in [-0.2, 0) is 28.1 Å². The van der Waals surface area contributed by atoms with E-state index in [1.54, 1.807) is 12.1 Å². The van der Waals surface area contributed by atoms with Crippen LogP contribution in [0.25, 0.3) is 0 Å². The van der Waals surface area contributed by atoms with E-state index in [-0.39, 0.29) is 42.4 Å². The molecule has 1 N–H and O–H groups in total. The maximum absolute atomic E-state index is 9.22. The third-order valence-corrected chi connectivity index (χ3v) is 10.5. The van der Waals surface area contributed by atoms with E-state index >= 15 is 0 Å². The molecule has 0 spiro atoms. The first kappa shape index (κ1) is 40.1. The fourth-order valence-corrected chi connectivity index (χ4v) is 5.87. The summed E-state index contributed by atoms with van der Waals surface area (Å²) in [6, 6.07) is 14.9. The van der Waals surface area contributed by atoms with Gasteiger partial charge in [0.05, 0.1) is 48.8 Å². The van der Waals surface area contributed by atoms with Gasteiger partial charge in [-0.1, -0.05) is 40.2 Å². The quantitative estimate of drug-likeness (QED) is 0.315. The Balaban J connectivity index is 0.000000185. The van der Waals surface area contributed by atoms with Gasteiger partial charge in [0.15, 0.2) is 0 Å². The van der Waals surface area contributed by atoms with E-state index in [9.17, 15) is 5.11 Å². The fourth-order valence-electron chi connectivity index (χ4n) is 5.37. The van der Waals surface area contributed by atoms with Crippen LogP contribution in [0.5, 0.6) is 11.5 Å².